The number of nitrogens with one attached hydrogen (secondary N) is 1. The molecule has 2 rings (SSSR count). The summed E-state index contributed by atoms with van der Waals surface area (Å²) >= 11 is 6.50. The van der Waals surface area contributed by atoms with Gasteiger partial charge in [0.15, 0.2) is 0 Å². The molecule has 2 aromatic rings. The van der Waals surface area contributed by atoms with Gasteiger partial charge in [-0.15, -0.1) is 0 Å². The van der Waals surface area contributed by atoms with Crippen LogP contribution < -0.4 is 5.32 Å². The van der Waals surface area contributed by atoms with Gasteiger partial charge in [0.25, 0.3) is 0 Å². The van der Waals surface area contributed by atoms with Crippen LogP contribution in [0.4, 0.5) is 14.5 Å². The second-order valence-corrected chi connectivity index (χ2v) is 5.88. The zero-order chi connectivity index (χ0) is 14.0. The molecule has 0 aliphatic carbocycles. The molecule has 0 aliphatic rings. The summed E-state index contributed by atoms with van der Waals surface area (Å²) in [6.45, 7) is 2.30. The quantitative estimate of drug-likeness (QED) is 0.738. The van der Waals surface area contributed by atoms with E-state index in [-0.39, 0.29) is 11.6 Å². The number of anilines is 1. The van der Waals surface area contributed by atoms with Gasteiger partial charge in [0, 0.05) is 16.7 Å². The Morgan fingerprint density at radius 1 is 1.05 bits per heavy atom. The molecular weight excluding hydrogens is 380 g/mol. The molecule has 100 valence electrons. The van der Waals surface area contributed by atoms with Crippen LogP contribution in [0.25, 0.3) is 0 Å². The number of halogens is 4. The molecule has 0 unspecified atom stereocenters. The first-order valence-electron chi connectivity index (χ1n) is 5.61. The number of hydrogen-bond acceptors (Lipinski definition) is 1. The lowest BCUT2D eigenvalue weighted by Crippen LogP contribution is -2.03. The summed E-state index contributed by atoms with van der Waals surface area (Å²) in [4.78, 5) is 0. The van der Waals surface area contributed by atoms with Gasteiger partial charge in [0.05, 0.1) is 4.47 Å². The smallest absolute Gasteiger partial charge is 0.139 e. The van der Waals surface area contributed by atoms with Gasteiger partial charge in [0.2, 0.25) is 0 Å². The molecule has 0 amide bonds. The van der Waals surface area contributed by atoms with E-state index in [1.54, 1.807) is 12.1 Å². The van der Waals surface area contributed by atoms with Crippen LogP contribution in [0.5, 0.6) is 0 Å². The summed E-state index contributed by atoms with van der Waals surface area (Å²) in [5.41, 5.74) is 2.39. The predicted octanol–water partition coefficient (Wildman–Crippen LogP) is 5.41. The topological polar surface area (TPSA) is 12.0 Å². The minimum Gasteiger partial charge on any atom is -0.381 e. The van der Waals surface area contributed by atoms with E-state index in [1.165, 1.54) is 18.2 Å². The minimum atomic E-state index is -0.327. The van der Waals surface area contributed by atoms with Crippen molar-refractivity contribution in [2.45, 2.75) is 13.5 Å². The molecule has 0 atom stereocenters. The second-order valence-electron chi connectivity index (χ2n) is 4.17. The lowest BCUT2D eigenvalue weighted by molar-refractivity contribution is 0.620. The molecule has 1 N–H and O–H groups in total. The highest BCUT2D eigenvalue weighted by Crippen LogP contribution is 2.25. The fraction of sp³-hybridized carbons (Fsp3) is 0.143. The monoisotopic (exact) mass is 389 g/mol. The highest BCUT2D eigenvalue weighted by atomic mass is 79.9. The maximum atomic E-state index is 13.5. The van der Waals surface area contributed by atoms with Gasteiger partial charge in [-0.25, -0.2) is 8.78 Å². The number of hydrogen-bond donors (Lipinski definition) is 1. The first-order valence-corrected chi connectivity index (χ1v) is 7.19. The van der Waals surface area contributed by atoms with Crippen molar-refractivity contribution < 1.29 is 8.78 Å². The summed E-state index contributed by atoms with van der Waals surface area (Å²) in [7, 11) is 0. The van der Waals surface area contributed by atoms with E-state index >= 15 is 0 Å². The SMILES string of the molecule is Cc1cc(Br)c(F)cc1NCc1cc(F)ccc1Br. The number of aryl methyl sites for hydroxylation is 1. The van der Waals surface area contributed by atoms with Gasteiger partial charge in [0.1, 0.15) is 11.6 Å². The Morgan fingerprint density at radius 3 is 2.53 bits per heavy atom. The van der Waals surface area contributed by atoms with E-state index in [1.807, 2.05) is 6.92 Å². The molecule has 1 nitrogen and oxygen atoms in total. The van der Waals surface area contributed by atoms with Crippen molar-refractivity contribution in [2.24, 2.45) is 0 Å². The molecule has 19 heavy (non-hydrogen) atoms. The zero-order valence-electron chi connectivity index (χ0n) is 10.1. The Labute approximate surface area is 127 Å². The summed E-state index contributed by atoms with van der Waals surface area (Å²) in [5, 5.41) is 3.11. The van der Waals surface area contributed by atoms with Crippen molar-refractivity contribution in [3.8, 4) is 0 Å². The predicted molar refractivity (Wildman–Crippen MR) is 80.3 cm³/mol. The molecular formula is C14H11Br2F2N. The van der Waals surface area contributed by atoms with Crippen LogP contribution >= 0.6 is 31.9 Å². The third-order valence-corrected chi connectivity index (χ3v) is 4.13. The van der Waals surface area contributed by atoms with E-state index in [0.717, 1.165) is 15.6 Å². The molecule has 0 heterocycles. The van der Waals surface area contributed by atoms with E-state index in [9.17, 15) is 8.78 Å². The summed E-state index contributed by atoms with van der Waals surface area (Å²) < 4.78 is 27.9. The Balaban J connectivity index is 2.19. The van der Waals surface area contributed by atoms with Gasteiger partial charge in [-0.3, -0.25) is 0 Å². The van der Waals surface area contributed by atoms with Crippen molar-refractivity contribution >= 4 is 37.5 Å². The van der Waals surface area contributed by atoms with Crippen molar-refractivity contribution in [1.82, 2.24) is 0 Å². The van der Waals surface area contributed by atoms with Crippen molar-refractivity contribution in [1.29, 1.82) is 0 Å². The van der Waals surface area contributed by atoms with Crippen LogP contribution in [0.3, 0.4) is 0 Å². The van der Waals surface area contributed by atoms with Gasteiger partial charge in [-0.1, -0.05) is 15.9 Å². The van der Waals surface area contributed by atoms with Gasteiger partial charge >= 0.3 is 0 Å². The first-order chi connectivity index (χ1) is 8.97. The van der Waals surface area contributed by atoms with Crippen molar-refractivity contribution in [3.05, 3.63) is 62.0 Å². The van der Waals surface area contributed by atoms with Crippen molar-refractivity contribution in [3.63, 3.8) is 0 Å². The minimum absolute atomic E-state index is 0.293. The third-order valence-electron chi connectivity index (χ3n) is 2.74. The van der Waals surface area contributed by atoms with Gasteiger partial charge in [-0.05, 0) is 64.3 Å². The molecule has 2 aromatic carbocycles. The van der Waals surface area contributed by atoms with E-state index in [0.29, 0.717) is 16.7 Å². The molecule has 0 spiro atoms. The average molecular weight is 391 g/mol. The van der Waals surface area contributed by atoms with Crippen LogP contribution in [0, 0.1) is 18.6 Å². The molecule has 0 saturated carbocycles. The molecule has 5 heteroatoms. The largest absolute Gasteiger partial charge is 0.381 e. The van der Waals surface area contributed by atoms with Crippen LogP contribution in [-0.4, -0.2) is 0 Å². The maximum Gasteiger partial charge on any atom is 0.139 e. The van der Waals surface area contributed by atoms with Crippen LogP contribution in [0.15, 0.2) is 39.3 Å². The zero-order valence-corrected chi connectivity index (χ0v) is 13.3. The number of benzene rings is 2. The molecule has 0 saturated heterocycles. The number of rotatable bonds is 3. The fourth-order valence-corrected chi connectivity index (χ4v) is 2.55. The van der Waals surface area contributed by atoms with E-state index in [4.69, 9.17) is 0 Å². The van der Waals surface area contributed by atoms with Gasteiger partial charge < -0.3 is 5.32 Å². The summed E-state index contributed by atoms with van der Waals surface area (Å²) in [6, 6.07) is 7.62. The highest BCUT2D eigenvalue weighted by molar-refractivity contribution is 9.10. The Bertz CT molecular complexity index is 615. The standard InChI is InChI=1S/C14H11Br2F2N/c1-8-4-12(16)13(18)6-14(8)19-7-9-5-10(17)2-3-11(9)15/h2-6,19H,7H2,1H3. The van der Waals surface area contributed by atoms with Gasteiger partial charge in [-0.2, -0.15) is 0 Å². The highest BCUT2D eigenvalue weighted by Gasteiger charge is 2.07. The molecule has 0 radical (unpaired) electrons. The normalized spacial score (nSPS) is 10.6. The van der Waals surface area contributed by atoms with Crippen LogP contribution in [-0.2, 0) is 6.54 Å². The molecule has 0 bridgehead atoms. The fourth-order valence-electron chi connectivity index (χ4n) is 1.71. The lowest BCUT2D eigenvalue weighted by atomic mass is 10.1. The third kappa shape index (κ3) is 3.54. The van der Waals surface area contributed by atoms with E-state index in [2.05, 4.69) is 37.2 Å². The Hall–Kier alpha value is -0.940. The average Bonchev–Trinajstić information content (AvgIpc) is 2.36. The lowest BCUT2D eigenvalue weighted by Gasteiger charge is -2.12. The Morgan fingerprint density at radius 2 is 1.79 bits per heavy atom. The molecule has 0 fully saturated rings. The van der Waals surface area contributed by atoms with Crippen LogP contribution in [0.1, 0.15) is 11.1 Å². The Kier molecular flexibility index (Phi) is 4.58. The maximum absolute atomic E-state index is 13.5. The van der Waals surface area contributed by atoms with Crippen molar-refractivity contribution in [2.75, 3.05) is 5.32 Å². The second kappa shape index (κ2) is 6.01. The first kappa shape index (κ1) is 14.5. The molecule has 0 aromatic heterocycles. The van der Waals surface area contributed by atoms with E-state index < -0.39 is 0 Å². The summed E-state index contributed by atoms with van der Waals surface area (Å²) in [5.74, 6) is -0.620. The van der Waals surface area contributed by atoms with Crippen LogP contribution in [0.2, 0.25) is 0 Å². The molecule has 0 aliphatic heterocycles. The summed E-state index contributed by atoms with van der Waals surface area (Å²) in [6.07, 6.45) is 0.